The Morgan fingerprint density at radius 3 is 2.76 bits per heavy atom. The quantitative estimate of drug-likeness (QED) is 0.523. The van der Waals surface area contributed by atoms with Gasteiger partial charge in [0.1, 0.15) is 11.5 Å². The van der Waals surface area contributed by atoms with Crippen LogP contribution in [0, 0.1) is 5.41 Å². The van der Waals surface area contributed by atoms with Crippen LogP contribution < -0.4 is 16.5 Å². The molecule has 2 aromatic heterocycles. The van der Waals surface area contributed by atoms with E-state index in [0.717, 1.165) is 0 Å². The van der Waals surface area contributed by atoms with Gasteiger partial charge in [0, 0.05) is 42.7 Å². The molecule has 2 amide bonds. The highest BCUT2D eigenvalue weighted by Crippen LogP contribution is 2.22. The van der Waals surface area contributed by atoms with E-state index in [1.807, 2.05) is 13.8 Å². The van der Waals surface area contributed by atoms with Crippen molar-refractivity contribution in [2.24, 2.45) is 0 Å². The standard InChI is InChI=1S/C19H22N6O4/c1-10(2)24-6-7-25-11(8-13(26)16(27)15(25)19(24)29)9-23-18(28)14(20)12-4-3-5-22-17(12)21/h3-5,8,10,20,27H,6-7,9H2,1-2H3,(H2,21,22)(H,23,28). The zero-order chi connectivity index (χ0) is 21.3. The van der Waals surface area contributed by atoms with E-state index in [0.29, 0.717) is 18.8 Å². The van der Waals surface area contributed by atoms with Gasteiger partial charge in [0.05, 0.1) is 6.54 Å². The smallest absolute Gasteiger partial charge is 0.274 e. The van der Waals surface area contributed by atoms with E-state index in [1.54, 1.807) is 11.0 Å². The van der Waals surface area contributed by atoms with Gasteiger partial charge in [-0.25, -0.2) is 4.98 Å². The molecule has 0 radical (unpaired) electrons. The zero-order valence-electron chi connectivity index (χ0n) is 16.1. The van der Waals surface area contributed by atoms with Crippen LogP contribution in [-0.2, 0) is 17.9 Å². The normalized spacial score (nSPS) is 13.3. The van der Waals surface area contributed by atoms with Gasteiger partial charge in [0.15, 0.2) is 11.4 Å². The second-order valence-corrected chi connectivity index (χ2v) is 6.93. The first-order valence-corrected chi connectivity index (χ1v) is 9.06. The molecule has 0 bridgehead atoms. The fraction of sp³-hybridized carbons (Fsp3) is 0.316. The second-order valence-electron chi connectivity index (χ2n) is 6.93. The average Bonchev–Trinajstić information content (AvgIpc) is 2.68. The van der Waals surface area contributed by atoms with Crippen molar-refractivity contribution in [3.63, 3.8) is 0 Å². The Balaban J connectivity index is 1.86. The first-order chi connectivity index (χ1) is 13.7. The highest BCUT2D eigenvalue weighted by atomic mass is 16.3. The molecule has 152 valence electrons. The summed E-state index contributed by atoms with van der Waals surface area (Å²) >= 11 is 0. The van der Waals surface area contributed by atoms with Crippen molar-refractivity contribution in [1.82, 2.24) is 19.8 Å². The van der Waals surface area contributed by atoms with Crippen molar-refractivity contribution < 1.29 is 14.7 Å². The van der Waals surface area contributed by atoms with E-state index in [2.05, 4.69) is 10.3 Å². The number of carbonyl (C=O) groups is 2. The second kappa shape index (κ2) is 7.74. The first-order valence-electron chi connectivity index (χ1n) is 9.06. The van der Waals surface area contributed by atoms with Gasteiger partial charge < -0.3 is 25.6 Å². The molecule has 0 unspecified atom stereocenters. The van der Waals surface area contributed by atoms with Crippen molar-refractivity contribution in [1.29, 1.82) is 5.41 Å². The number of pyridine rings is 2. The Bertz CT molecular complexity index is 1060. The molecular formula is C19H22N6O4. The van der Waals surface area contributed by atoms with Crippen LogP contribution in [0.2, 0.25) is 0 Å². The van der Waals surface area contributed by atoms with Crippen LogP contribution in [0.25, 0.3) is 0 Å². The van der Waals surface area contributed by atoms with Gasteiger partial charge >= 0.3 is 0 Å². The van der Waals surface area contributed by atoms with Gasteiger partial charge in [-0.2, -0.15) is 0 Å². The summed E-state index contributed by atoms with van der Waals surface area (Å²) in [6.45, 7) is 4.38. The minimum atomic E-state index is -0.703. The Morgan fingerprint density at radius 1 is 1.38 bits per heavy atom. The van der Waals surface area contributed by atoms with Crippen LogP contribution in [0.3, 0.4) is 0 Å². The molecule has 0 fully saturated rings. The number of amides is 2. The van der Waals surface area contributed by atoms with E-state index < -0.39 is 23.0 Å². The van der Waals surface area contributed by atoms with Crippen molar-refractivity contribution in [2.75, 3.05) is 12.3 Å². The Hall–Kier alpha value is -3.69. The summed E-state index contributed by atoms with van der Waals surface area (Å²) in [7, 11) is 0. The molecule has 0 spiro atoms. The Labute approximate surface area is 166 Å². The lowest BCUT2D eigenvalue weighted by Gasteiger charge is -2.34. The number of anilines is 1. The molecule has 29 heavy (non-hydrogen) atoms. The number of aromatic hydroxyl groups is 1. The summed E-state index contributed by atoms with van der Waals surface area (Å²) in [4.78, 5) is 42.7. The van der Waals surface area contributed by atoms with Crippen molar-refractivity contribution in [3.8, 4) is 5.75 Å². The molecule has 1 aliphatic rings. The molecule has 0 saturated carbocycles. The molecule has 0 atom stereocenters. The fourth-order valence-electron chi connectivity index (χ4n) is 3.25. The topological polar surface area (TPSA) is 154 Å². The molecule has 10 heteroatoms. The monoisotopic (exact) mass is 398 g/mol. The van der Waals surface area contributed by atoms with E-state index in [-0.39, 0.29) is 35.4 Å². The highest BCUT2D eigenvalue weighted by Gasteiger charge is 2.31. The number of nitrogens with one attached hydrogen (secondary N) is 2. The summed E-state index contributed by atoms with van der Waals surface area (Å²) < 4.78 is 1.53. The van der Waals surface area contributed by atoms with Crippen molar-refractivity contribution in [2.45, 2.75) is 33.0 Å². The third-order valence-corrected chi connectivity index (χ3v) is 4.79. The predicted molar refractivity (Wildman–Crippen MR) is 106 cm³/mol. The van der Waals surface area contributed by atoms with Crippen LogP contribution in [-0.4, -0.2) is 49.7 Å². The molecule has 3 heterocycles. The lowest BCUT2D eigenvalue weighted by Crippen LogP contribution is -2.46. The maximum atomic E-state index is 12.7. The minimum Gasteiger partial charge on any atom is -0.503 e. The van der Waals surface area contributed by atoms with Gasteiger partial charge in [0.25, 0.3) is 11.8 Å². The molecule has 0 saturated heterocycles. The third kappa shape index (κ3) is 3.68. The maximum absolute atomic E-state index is 12.7. The largest absolute Gasteiger partial charge is 0.503 e. The van der Waals surface area contributed by atoms with Gasteiger partial charge in [-0.3, -0.25) is 19.8 Å². The Morgan fingerprint density at radius 2 is 2.10 bits per heavy atom. The summed E-state index contributed by atoms with van der Waals surface area (Å²) in [5, 5.41) is 20.7. The number of rotatable bonds is 5. The van der Waals surface area contributed by atoms with Crippen molar-refractivity contribution in [3.05, 3.63) is 51.6 Å². The molecule has 0 aromatic carbocycles. The van der Waals surface area contributed by atoms with E-state index >= 15 is 0 Å². The minimum absolute atomic E-state index is 0.0604. The van der Waals surface area contributed by atoms with Crippen LogP contribution in [0.15, 0.2) is 29.2 Å². The van der Waals surface area contributed by atoms with E-state index in [4.69, 9.17) is 11.1 Å². The molecule has 5 N–H and O–H groups in total. The average molecular weight is 398 g/mol. The van der Waals surface area contributed by atoms with Crippen LogP contribution in [0.1, 0.15) is 35.6 Å². The fourth-order valence-corrected chi connectivity index (χ4v) is 3.25. The molecule has 10 nitrogen and oxygen atoms in total. The highest BCUT2D eigenvalue weighted by molar-refractivity contribution is 6.44. The molecule has 1 aliphatic heterocycles. The maximum Gasteiger partial charge on any atom is 0.274 e. The predicted octanol–water partition coefficient (Wildman–Crippen LogP) is 0.0796. The first kappa shape index (κ1) is 20.1. The molecular weight excluding hydrogens is 376 g/mol. The summed E-state index contributed by atoms with van der Waals surface area (Å²) in [6.07, 6.45) is 1.45. The molecule has 2 aromatic rings. The zero-order valence-corrected chi connectivity index (χ0v) is 16.1. The summed E-state index contributed by atoms with van der Waals surface area (Å²) in [5.41, 5.74) is 5.10. The number of fused-ring (bicyclic) bond motifs is 1. The lowest BCUT2D eigenvalue weighted by molar-refractivity contribution is -0.115. The summed E-state index contributed by atoms with van der Waals surface area (Å²) in [5.74, 6) is -1.69. The van der Waals surface area contributed by atoms with Gasteiger partial charge in [-0.05, 0) is 26.0 Å². The SMILES string of the molecule is CC(C)N1CCn2c(CNC(=O)C(=N)c3cccnc3N)cc(=O)c(O)c2C1=O. The van der Waals surface area contributed by atoms with Crippen LogP contribution >= 0.6 is 0 Å². The van der Waals surface area contributed by atoms with Gasteiger partial charge in [-0.15, -0.1) is 0 Å². The van der Waals surface area contributed by atoms with Gasteiger partial charge in [-0.1, -0.05) is 0 Å². The summed E-state index contributed by atoms with van der Waals surface area (Å²) in [6, 6.07) is 4.17. The lowest BCUT2D eigenvalue weighted by atomic mass is 10.1. The van der Waals surface area contributed by atoms with Gasteiger partial charge in [0.2, 0.25) is 5.43 Å². The van der Waals surface area contributed by atoms with E-state index in [1.165, 1.54) is 22.9 Å². The number of carbonyl (C=O) groups excluding carboxylic acids is 2. The number of hydrogen-bond donors (Lipinski definition) is 4. The van der Waals surface area contributed by atoms with Crippen molar-refractivity contribution >= 4 is 23.3 Å². The number of nitrogens with zero attached hydrogens (tertiary/aromatic N) is 3. The molecule has 3 rings (SSSR count). The number of nitrogen functional groups attached to an aromatic ring is 1. The van der Waals surface area contributed by atoms with E-state index in [9.17, 15) is 19.5 Å². The van der Waals surface area contributed by atoms with Crippen LogP contribution in [0.4, 0.5) is 5.82 Å². The number of nitrogens with two attached hydrogens (primary N) is 1. The van der Waals surface area contributed by atoms with Crippen LogP contribution in [0.5, 0.6) is 5.75 Å². The Kier molecular flexibility index (Phi) is 5.35. The molecule has 0 aliphatic carbocycles. The number of aromatic nitrogens is 2. The third-order valence-electron chi connectivity index (χ3n) is 4.79. The number of hydrogen-bond acceptors (Lipinski definition) is 7.